The Morgan fingerprint density at radius 3 is 2.65 bits per heavy atom. The third kappa shape index (κ3) is 2.01. The van der Waals surface area contributed by atoms with Crippen molar-refractivity contribution in [3.05, 3.63) is 23.8 Å². The number of aromatic carboxylic acids is 1. The summed E-state index contributed by atoms with van der Waals surface area (Å²) in [5.74, 6) is -0.943. The summed E-state index contributed by atoms with van der Waals surface area (Å²) in [6.07, 6.45) is 3.51. The van der Waals surface area contributed by atoms with Crippen LogP contribution in [0.3, 0.4) is 0 Å². The van der Waals surface area contributed by atoms with E-state index in [-0.39, 0.29) is 5.56 Å². The van der Waals surface area contributed by atoms with Gasteiger partial charge in [0.05, 0.1) is 5.56 Å². The van der Waals surface area contributed by atoms with E-state index < -0.39 is 5.97 Å². The Morgan fingerprint density at radius 2 is 2.00 bits per heavy atom. The van der Waals surface area contributed by atoms with E-state index in [9.17, 15) is 4.79 Å². The number of hydrogen-bond donors (Lipinski definition) is 1. The molecule has 106 valence electrons. The lowest BCUT2D eigenvalue weighted by molar-refractivity contribution is 0.0697. The molecule has 0 aliphatic carbocycles. The molecule has 6 heteroatoms. The third-order valence-electron chi connectivity index (χ3n) is 4.04. The quantitative estimate of drug-likeness (QED) is 0.907. The number of piperidine rings is 1. The Morgan fingerprint density at radius 1 is 1.30 bits per heavy atom. The largest absolute Gasteiger partial charge is 0.478 e. The zero-order valence-corrected chi connectivity index (χ0v) is 11.7. The topological polar surface area (TPSA) is 71.2 Å². The van der Waals surface area contributed by atoms with Gasteiger partial charge >= 0.3 is 5.97 Å². The summed E-state index contributed by atoms with van der Waals surface area (Å²) < 4.78 is 0. The van der Waals surface area contributed by atoms with E-state index in [1.54, 1.807) is 18.2 Å². The lowest BCUT2D eigenvalue weighted by Crippen LogP contribution is -2.51. The van der Waals surface area contributed by atoms with Crippen LogP contribution in [0.1, 0.15) is 43.5 Å². The average molecular weight is 274 g/mol. The highest BCUT2D eigenvalue weighted by Gasteiger charge is 2.27. The molecule has 1 aliphatic rings. The van der Waals surface area contributed by atoms with Gasteiger partial charge in [0.2, 0.25) is 0 Å². The maximum atomic E-state index is 11.0. The summed E-state index contributed by atoms with van der Waals surface area (Å²) in [5.41, 5.74) is 1.72. The van der Waals surface area contributed by atoms with Crippen LogP contribution in [0, 0.1) is 0 Å². The van der Waals surface area contributed by atoms with Gasteiger partial charge in [-0.15, -0.1) is 5.10 Å². The van der Waals surface area contributed by atoms with Gasteiger partial charge in [-0.25, -0.2) is 4.79 Å². The first-order chi connectivity index (χ1) is 9.58. The fraction of sp³-hybridized carbons (Fsp3) is 0.500. The Labute approximate surface area is 117 Å². The Bertz CT molecular complexity index is 642. The monoisotopic (exact) mass is 274 g/mol. The first-order valence-electron chi connectivity index (χ1n) is 6.95. The number of fused-ring (bicyclic) bond motifs is 1. The number of nitrogens with zero attached hydrogens (tertiary/aromatic N) is 4. The van der Waals surface area contributed by atoms with E-state index in [1.165, 1.54) is 6.42 Å². The van der Waals surface area contributed by atoms with Crippen LogP contribution in [-0.2, 0) is 0 Å². The van der Waals surface area contributed by atoms with E-state index in [0.717, 1.165) is 18.4 Å². The van der Waals surface area contributed by atoms with E-state index >= 15 is 0 Å². The van der Waals surface area contributed by atoms with Crippen molar-refractivity contribution in [2.24, 2.45) is 0 Å². The van der Waals surface area contributed by atoms with Crippen molar-refractivity contribution in [1.82, 2.24) is 15.1 Å². The summed E-state index contributed by atoms with van der Waals surface area (Å²) in [7, 11) is 0. The maximum absolute atomic E-state index is 11.0. The zero-order valence-electron chi connectivity index (χ0n) is 11.7. The molecular weight excluding hydrogens is 256 g/mol. The number of benzene rings is 1. The predicted octanol–water partition coefficient (Wildman–Crippen LogP) is 2.03. The van der Waals surface area contributed by atoms with Crippen molar-refractivity contribution in [1.29, 1.82) is 0 Å². The van der Waals surface area contributed by atoms with Gasteiger partial charge in [-0.05, 0) is 56.5 Å². The fourth-order valence-electron chi connectivity index (χ4n) is 3.00. The molecule has 2 heterocycles. The van der Waals surface area contributed by atoms with Gasteiger partial charge in [-0.3, -0.25) is 5.01 Å². The highest BCUT2D eigenvalue weighted by atomic mass is 16.4. The van der Waals surface area contributed by atoms with E-state index in [0.29, 0.717) is 17.6 Å². The van der Waals surface area contributed by atoms with Crippen molar-refractivity contribution in [3.8, 4) is 0 Å². The first-order valence-corrected chi connectivity index (χ1v) is 6.95. The summed E-state index contributed by atoms with van der Waals surface area (Å²) in [6, 6.07) is 5.77. The summed E-state index contributed by atoms with van der Waals surface area (Å²) in [6.45, 7) is 4.38. The molecule has 2 aromatic rings. The number of carboxylic acids is 1. The second-order valence-electron chi connectivity index (χ2n) is 5.50. The number of rotatable bonds is 2. The van der Waals surface area contributed by atoms with Crippen molar-refractivity contribution in [3.63, 3.8) is 0 Å². The van der Waals surface area contributed by atoms with Gasteiger partial charge in [0.1, 0.15) is 11.0 Å². The maximum Gasteiger partial charge on any atom is 0.335 e. The van der Waals surface area contributed by atoms with Gasteiger partial charge in [-0.2, -0.15) is 4.79 Å². The smallest absolute Gasteiger partial charge is 0.335 e. The normalized spacial score (nSPS) is 23.2. The van der Waals surface area contributed by atoms with Gasteiger partial charge in [0, 0.05) is 12.1 Å². The molecule has 1 fully saturated rings. The average Bonchev–Trinajstić information content (AvgIpc) is 2.81. The zero-order chi connectivity index (χ0) is 14.3. The molecule has 1 saturated heterocycles. The number of carbonyl (C=O) groups is 1. The Hall–Kier alpha value is -2.11. The molecular formula is C14H18N4O2. The standard InChI is InChI=1S/C14H18N4O2/c1-9-4-3-5-10(2)17(9)18-13-7-6-11(14(19)20)8-12(13)15-16-18/h6-10H,3-5H2,1-2H3,(H,19,20). The molecule has 3 rings (SSSR count). The molecule has 1 aromatic heterocycles. The van der Waals surface area contributed by atoms with Crippen molar-refractivity contribution >= 4 is 17.0 Å². The third-order valence-corrected chi connectivity index (χ3v) is 4.04. The lowest BCUT2D eigenvalue weighted by Gasteiger charge is -2.39. The van der Waals surface area contributed by atoms with Crippen LogP contribution < -0.4 is 5.01 Å². The second kappa shape index (κ2) is 4.77. The van der Waals surface area contributed by atoms with Crippen LogP contribution in [0.25, 0.3) is 11.0 Å². The van der Waals surface area contributed by atoms with Crippen molar-refractivity contribution in [2.45, 2.75) is 45.2 Å². The molecule has 2 atom stereocenters. The van der Waals surface area contributed by atoms with E-state index in [1.807, 2.05) is 4.79 Å². The summed E-state index contributed by atoms with van der Waals surface area (Å²) >= 11 is 0. The fourth-order valence-corrected chi connectivity index (χ4v) is 3.00. The molecule has 0 radical (unpaired) electrons. The molecule has 1 N–H and O–H groups in total. The van der Waals surface area contributed by atoms with Crippen molar-refractivity contribution in [2.75, 3.05) is 5.01 Å². The first kappa shape index (κ1) is 12.9. The van der Waals surface area contributed by atoms with Crippen LogP contribution in [0.2, 0.25) is 0 Å². The number of hydrogen-bond acceptors (Lipinski definition) is 4. The van der Waals surface area contributed by atoms with Gasteiger partial charge < -0.3 is 5.11 Å². The Kier molecular flexibility index (Phi) is 3.08. The van der Waals surface area contributed by atoms with Gasteiger partial charge in [-0.1, -0.05) is 0 Å². The van der Waals surface area contributed by atoms with Gasteiger partial charge in [0.25, 0.3) is 0 Å². The molecule has 2 unspecified atom stereocenters. The number of carboxylic acid groups (broad SMARTS) is 1. The van der Waals surface area contributed by atoms with Crippen LogP contribution in [0.15, 0.2) is 18.2 Å². The Balaban J connectivity index is 2.06. The summed E-state index contributed by atoms with van der Waals surface area (Å²) in [5, 5.41) is 19.6. The minimum atomic E-state index is -0.943. The second-order valence-corrected chi connectivity index (χ2v) is 5.50. The highest BCUT2D eigenvalue weighted by Crippen LogP contribution is 2.23. The molecule has 6 nitrogen and oxygen atoms in total. The minimum absolute atomic E-state index is 0.240. The highest BCUT2D eigenvalue weighted by molar-refractivity contribution is 5.92. The molecule has 0 saturated carbocycles. The van der Waals surface area contributed by atoms with Crippen LogP contribution in [0.5, 0.6) is 0 Å². The van der Waals surface area contributed by atoms with Crippen LogP contribution in [0.4, 0.5) is 0 Å². The molecule has 1 aromatic carbocycles. The minimum Gasteiger partial charge on any atom is -0.478 e. The molecule has 1 aliphatic heterocycles. The number of aromatic nitrogens is 3. The van der Waals surface area contributed by atoms with Crippen molar-refractivity contribution < 1.29 is 9.90 Å². The van der Waals surface area contributed by atoms with Crippen LogP contribution >= 0.6 is 0 Å². The van der Waals surface area contributed by atoms with Crippen LogP contribution in [-0.4, -0.2) is 38.3 Å². The summed E-state index contributed by atoms with van der Waals surface area (Å²) in [4.78, 5) is 12.8. The predicted molar refractivity (Wildman–Crippen MR) is 75.5 cm³/mol. The molecule has 0 bridgehead atoms. The molecule has 0 spiro atoms. The lowest BCUT2D eigenvalue weighted by atomic mass is 10.00. The van der Waals surface area contributed by atoms with E-state index in [2.05, 4.69) is 29.2 Å². The SMILES string of the molecule is CC1CCCC(C)N1n1nnc2cc(C(=O)O)ccc21. The van der Waals surface area contributed by atoms with Gasteiger partial charge in [0.15, 0.2) is 0 Å². The molecule has 0 amide bonds. The van der Waals surface area contributed by atoms with E-state index in [4.69, 9.17) is 5.11 Å². The molecule has 20 heavy (non-hydrogen) atoms.